The molecule has 2 unspecified atom stereocenters. The van der Waals surface area contributed by atoms with Gasteiger partial charge in [-0.2, -0.15) is 0 Å². The second kappa shape index (κ2) is 9.84. The summed E-state index contributed by atoms with van der Waals surface area (Å²) in [6, 6.07) is 20.7. The van der Waals surface area contributed by atoms with Gasteiger partial charge in [0.2, 0.25) is 5.91 Å². The molecule has 0 spiro atoms. The number of para-hydroxylation sites is 1. The maximum atomic E-state index is 13.4. The largest absolute Gasteiger partial charge is 0.390 e. The highest BCUT2D eigenvalue weighted by Gasteiger charge is 2.47. The van der Waals surface area contributed by atoms with Crippen molar-refractivity contribution in [3.8, 4) is 0 Å². The smallest absolute Gasteiger partial charge is 0.233 e. The second-order valence-electron chi connectivity index (χ2n) is 8.98. The Hall–Kier alpha value is -2.37. The van der Waals surface area contributed by atoms with Crippen LogP contribution in [-0.4, -0.2) is 72.7 Å². The van der Waals surface area contributed by atoms with Gasteiger partial charge >= 0.3 is 0 Å². The van der Waals surface area contributed by atoms with Gasteiger partial charge < -0.3 is 14.9 Å². The molecule has 31 heavy (non-hydrogen) atoms. The van der Waals surface area contributed by atoms with Crippen molar-refractivity contribution >= 4 is 11.6 Å². The highest BCUT2D eigenvalue weighted by Crippen LogP contribution is 2.39. The number of nitrogens with zero attached hydrogens (tertiary/aromatic N) is 3. The number of aliphatic hydroxyl groups excluding tert-OH is 1. The molecule has 2 aromatic rings. The molecule has 0 aliphatic carbocycles. The number of aliphatic hydroxyl groups is 1. The molecule has 166 valence electrons. The van der Waals surface area contributed by atoms with Crippen molar-refractivity contribution in [1.82, 2.24) is 9.80 Å². The van der Waals surface area contributed by atoms with E-state index in [-0.39, 0.29) is 5.91 Å². The van der Waals surface area contributed by atoms with Crippen LogP contribution in [-0.2, 0) is 10.2 Å². The Bertz CT molecular complexity index is 836. The molecule has 1 N–H and O–H groups in total. The summed E-state index contributed by atoms with van der Waals surface area (Å²) in [5.74, 6) is 0.188. The average Bonchev–Trinajstić information content (AvgIpc) is 3.12. The Morgan fingerprint density at radius 3 is 2.19 bits per heavy atom. The topological polar surface area (TPSA) is 47.0 Å². The van der Waals surface area contributed by atoms with Crippen molar-refractivity contribution in [2.24, 2.45) is 0 Å². The lowest BCUT2D eigenvalue weighted by Gasteiger charge is -2.37. The number of piperazine rings is 1. The highest BCUT2D eigenvalue weighted by molar-refractivity contribution is 5.90. The fraction of sp³-hybridized carbons (Fsp3) is 0.500. The van der Waals surface area contributed by atoms with Gasteiger partial charge in [-0.15, -0.1) is 0 Å². The van der Waals surface area contributed by atoms with Crippen LogP contribution in [0.4, 0.5) is 5.69 Å². The standard InChI is InChI=1S/C26H35N3O2/c1-2-13-26(22-9-5-3-6-10-22)14-15-29(25(26)31)21-24(30)20-27-16-18-28(19-17-27)23-11-7-4-8-12-23/h3-12,24,30H,2,13-21H2,1H3. The minimum atomic E-state index is -0.513. The number of anilines is 1. The molecule has 2 aromatic carbocycles. The summed E-state index contributed by atoms with van der Waals surface area (Å²) in [6.07, 6.45) is 2.17. The summed E-state index contributed by atoms with van der Waals surface area (Å²) in [6.45, 7) is 7.72. The molecule has 0 bridgehead atoms. The maximum Gasteiger partial charge on any atom is 0.233 e. The Morgan fingerprint density at radius 1 is 0.903 bits per heavy atom. The third-order valence-electron chi connectivity index (χ3n) is 6.90. The van der Waals surface area contributed by atoms with Crippen molar-refractivity contribution in [1.29, 1.82) is 0 Å². The number of amides is 1. The summed E-state index contributed by atoms with van der Waals surface area (Å²) in [5, 5.41) is 10.8. The van der Waals surface area contributed by atoms with Crippen LogP contribution in [0.1, 0.15) is 31.7 Å². The number of carbonyl (C=O) groups excluding carboxylic acids is 1. The third-order valence-corrected chi connectivity index (χ3v) is 6.90. The van der Waals surface area contributed by atoms with E-state index in [1.165, 1.54) is 5.69 Å². The van der Waals surface area contributed by atoms with Crippen LogP contribution in [0.2, 0.25) is 0 Å². The van der Waals surface area contributed by atoms with Crippen LogP contribution in [0, 0.1) is 0 Å². The molecule has 0 radical (unpaired) electrons. The molecule has 1 amide bonds. The number of rotatable bonds is 8. The quantitative estimate of drug-likeness (QED) is 0.711. The fourth-order valence-electron chi connectivity index (χ4n) is 5.28. The van der Waals surface area contributed by atoms with Gasteiger partial charge in [0.25, 0.3) is 0 Å². The third kappa shape index (κ3) is 4.78. The van der Waals surface area contributed by atoms with Gasteiger partial charge in [-0.1, -0.05) is 61.9 Å². The van der Waals surface area contributed by atoms with E-state index in [0.29, 0.717) is 13.1 Å². The van der Waals surface area contributed by atoms with E-state index < -0.39 is 11.5 Å². The number of carbonyl (C=O) groups is 1. The number of hydrogen-bond donors (Lipinski definition) is 1. The SMILES string of the molecule is CCCC1(c2ccccc2)CCN(CC(O)CN2CCN(c3ccccc3)CC2)C1=O. The summed E-state index contributed by atoms with van der Waals surface area (Å²) in [5.41, 5.74) is 1.96. The van der Waals surface area contributed by atoms with Gasteiger partial charge in [-0.25, -0.2) is 0 Å². The molecule has 4 rings (SSSR count). The molecule has 2 aliphatic rings. The molecular formula is C26H35N3O2. The Balaban J connectivity index is 1.31. The van der Waals surface area contributed by atoms with Crippen LogP contribution in [0.25, 0.3) is 0 Å². The van der Waals surface area contributed by atoms with Crippen molar-refractivity contribution < 1.29 is 9.90 Å². The normalized spacial score (nSPS) is 23.4. The van der Waals surface area contributed by atoms with E-state index in [2.05, 4.69) is 53.1 Å². The van der Waals surface area contributed by atoms with Crippen molar-refractivity contribution in [2.45, 2.75) is 37.7 Å². The van der Waals surface area contributed by atoms with E-state index in [9.17, 15) is 9.90 Å². The lowest BCUT2D eigenvalue weighted by Crippen LogP contribution is -2.50. The summed E-state index contributed by atoms with van der Waals surface area (Å²) >= 11 is 0. The van der Waals surface area contributed by atoms with Crippen LogP contribution in [0.3, 0.4) is 0 Å². The molecule has 2 atom stereocenters. The van der Waals surface area contributed by atoms with Gasteiger partial charge in [0.1, 0.15) is 0 Å². The Labute approximate surface area is 186 Å². The first kappa shape index (κ1) is 21.8. The van der Waals surface area contributed by atoms with Crippen LogP contribution >= 0.6 is 0 Å². The van der Waals surface area contributed by atoms with Gasteiger partial charge in [0.15, 0.2) is 0 Å². The number of benzene rings is 2. The summed E-state index contributed by atoms with van der Waals surface area (Å²) < 4.78 is 0. The van der Waals surface area contributed by atoms with Gasteiger partial charge in [-0.05, 0) is 30.5 Å². The first-order valence-electron chi connectivity index (χ1n) is 11.7. The van der Waals surface area contributed by atoms with E-state index in [0.717, 1.165) is 57.5 Å². The molecule has 0 saturated carbocycles. The monoisotopic (exact) mass is 421 g/mol. The van der Waals surface area contributed by atoms with Crippen molar-refractivity contribution in [3.63, 3.8) is 0 Å². The minimum Gasteiger partial charge on any atom is -0.390 e. The van der Waals surface area contributed by atoms with Gasteiger partial charge in [0.05, 0.1) is 11.5 Å². The Kier molecular flexibility index (Phi) is 6.93. The molecule has 2 fully saturated rings. The molecule has 2 aliphatic heterocycles. The molecule has 5 nitrogen and oxygen atoms in total. The van der Waals surface area contributed by atoms with E-state index in [1.54, 1.807) is 0 Å². The van der Waals surface area contributed by atoms with E-state index in [1.807, 2.05) is 29.2 Å². The predicted octanol–water partition coefficient (Wildman–Crippen LogP) is 3.14. The molecular weight excluding hydrogens is 386 g/mol. The molecule has 0 aromatic heterocycles. The van der Waals surface area contributed by atoms with Crippen LogP contribution < -0.4 is 4.90 Å². The van der Waals surface area contributed by atoms with Crippen LogP contribution in [0.5, 0.6) is 0 Å². The number of β-amino-alcohol motifs (C(OH)–C–C–N with tert-alkyl or cyclic N) is 1. The predicted molar refractivity (Wildman–Crippen MR) is 125 cm³/mol. The van der Waals surface area contributed by atoms with E-state index >= 15 is 0 Å². The fourth-order valence-corrected chi connectivity index (χ4v) is 5.28. The summed E-state index contributed by atoms with van der Waals surface area (Å²) in [7, 11) is 0. The van der Waals surface area contributed by atoms with Crippen molar-refractivity contribution in [3.05, 3.63) is 66.2 Å². The minimum absolute atomic E-state index is 0.188. The zero-order valence-electron chi connectivity index (χ0n) is 18.6. The molecule has 2 saturated heterocycles. The van der Waals surface area contributed by atoms with E-state index in [4.69, 9.17) is 0 Å². The van der Waals surface area contributed by atoms with Crippen molar-refractivity contribution in [2.75, 3.05) is 50.7 Å². The highest BCUT2D eigenvalue weighted by atomic mass is 16.3. The molecule has 5 heteroatoms. The zero-order valence-corrected chi connectivity index (χ0v) is 18.6. The average molecular weight is 422 g/mol. The van der Waals surface area contributed by atoms with Gasteiger partial charge in [-0.3, -0.25) is 9.69 Å². The molecule has 2 heterocycles. The first-order chi connectivity index (χ1) is 15.1. The summed E-state index contributed by atoms with van der Waals surface area (Å²) in [4.78, 5) is 20.1. The lowest BCUT2D eigenvalue weighted by atomic mass is 9.75. The maximum absolute atomic E-state index is 13.4. The van der Waals surface area contributed by atoms with Gasteiger partial charge in [0, 0.05) is 51.5 Å². The Morgan fingerprint density at radius 2 is 1.55 bits per heavy atom. The second-order valence-corrected chi connectivity index (χ2v) is 8.98. The number of likely N-dealkylation sites (tertiary alicyclic amines) is 1. The zero-order chi connectivity index (χ0) is 21.7. The van der Waals surface area contributed by atoms with Crippen LogP contribution in [0.15, 0.2) is 60.7 Å². The first-order valence-corrected chi connectivity index (χ1v) is 11.7. The lowest BCUT2D eigenvalue weighted by molar-refractivity contribution is -0.134. The number of hydrogen-bond acceptors (Lipinski definition) is 4.